The van der Waals surface area contributed by atoms with E-state index in [1.807, 2.05) is 54.0 Å². The van der Waals surface area contributed by atoms with Crippen molar-refractivity contribution in [1.29, 1.82) is 0 Å². The number of fused-ring (bicyclic) bond motifs is 1. The molecule has 0 N–H and O–H groups in total. The maximum absolute atomic E-state index is 5.52. The molecular weight excluding hydrogens is 380 g/mol. The van der Waals surface area contributed by atoms with Crippen molar-refractivity contribution in [2.24, 2.45) is 0 Å². The lowest BCUT2D eigenvalue weighted by Gasteiger charge is -2.10. The molecule has 2 aromatic carbocycles. The molecule has 8 heteroatoms. The molecule has 1 aliphatic rings. The number of thioether (sulfide) groups is 1. The van der Waals surface area contributed by atoms with E-state index in [4.69, 9.17) is 9.47 Å². The zero-order valence-electron chi connectivity index (χ0n) is 14.1. The minimum Gasteiger partial charge on any atom is -0.454 e. The van der Waals surface area contributed by atoms with Crippen LogP contribution in [0.4, 0.5) is 0 Å². The average Bonchev–Trinajstić information content (AvgIpc) is 3.46. The highest BCUT2D eigenvalue weighted by Gasteiger charge is 2.20. The molecule has 4 aromatic rings. The third-order valence-electron chi connectivity index (χ3n) is 4.11. The fraction of sp³-hybridized carbons (Fsp3) is 0.105. The second kappa shape index (κ2) is 7.05. The predicted octanol–water partition coefficient (Wildman–Crippen LogP) is 4.41. The molecular formula is C19H14N4O2S2. The fourth-order valence-corrected chi connectivity index (χ4v) is 4.36. The Balaban J connectivity index is 1.56. The number of rotatable bonds is 5. The molecule has 5 rings (SSSR count). The number of hydrogen-bond acceptors (Lipinski definition) is 7. The zero-order valence-corrected chi connectivity index (χ0v) is 15.7. The van der Waals surface area contributed by atoms with Crippen LogP contribution in [0, 0.1) is 0 Å². The van der Waals surface area contributed by atoms with Crippen LogP contribution in [0.5, 0.6) is 11.5 Å². The van der Waals surface area contributed by atoms with Crippen molar-refractivity contribution in [3.05, 3.63) is 65.1 Å². The largest absolute Gasteiger partial charge is 0.454 e. The number of thiazole rings is 1. The number of ether oxygens (including phenoxy) is 2. The van der Waals surface area contributed by atoms with E-state index in [-0.39, 0.29) is 6.79 Å². The first-order valence-electron chi connectivity index (χ1n) is 8.29. The maximum atomic E-state index is 5.52. The summed E-state index contributed by atoms with van der Waals surface area (Å²) in [5.74, 6) is 2.99. The Bertz CT molecular complexity index is 1060. The lowest BCUT2D eigenvalue weighted by molar-refractivity contribution is 0.174. The Hall–Kier alpha value is -2.84. The van der Waals surface area contributed by atoms with E-state index in [1.165, 1.54) is 0 Å². The van der Waals surface area contributed by atoms with E-state index in [1.54, 1.807) is 23.1 Å². The quantitative estimate of drug-likeness (QED) is 0.467. The maximum Gasteiger partial charge on any atom is 0.231 e. The SMILES string of the molecule is c1ccc(-n2c(SCc3cscn3)nnc2-c2ccc3c(c2)OCO3)cc1. The van der Waals surface area contributed by atoms with E-state index < -0.39 is 0 Å². The van der Waals surface area contributed by atoms with Crippen molar-refractivity contribution < 1.29 is 9.47 Å². The first-order chi connectivity index (χ1) is 13.4. The van der Waals surface area contributed by atoms with Gasteiger partial charge in [0.1, 0.15) is 0 Å². The van der Waals surface area contributed by atoms with Gasteiger partial charge in [0.25, 0.3) is 0 Å². The van der Waals surface area contributed by atoms with Crippen molar-refractivity contribution in [1.82, 2.24) is 19.7 Å². The number of nitrogens with zero attached hydrogens (tertiary/aromatic N) is 4. The number of para-hydroxylation sites is 1. The summed E-state index contributed by atoms with van der Waals surface area (Å²) in [6.45, 7) is 0.249. The van der Waals surface area contributed by atoms with Crippen molar-refractivity contribution in [2.75, 3.05) is 6.79 Å². The molecule has 27 heavy (non-hydrogen) atoms. The van der Waals surface area contributed by atoms with Crippen LogP contribution in [0.2, 0.25) is 0 Å². The van der Waals surface area contributed by atoms with Crippen LogP contribution in [-0.4, -0.2) is 26.5 Å². The fourth-order valence-electron chi connectivity index (χ4n) is 2.84. The number of aromatic nitrogens is 4. The summed E-state index contributed by atoms with van der Waals surface area (Å²) in [5, 5.41) is 11.8. The van der Waals surface area contributed by atoms with Gasteiger partial charge in [-0.25, -0.2) is 4.98 Å². The molecule has 0 fully saturated rings. The van der Waals surface area contributed by atoms with Crippen LogP contribution in [0.15, 0.2) is 64.6 Å². The van der Waals surface area contributed by atoms with Gasteiger partial charge in [-0.2, -0.15) is 0 Å². The third-order valence-corrected chi connectivity index (χ3v) is 5.71. The van der Waals surface area contributed by atoms with Crippen molar-refractivity contribution in [3.63, 3.8) is 0 Å². The smallest absolute Gasteiger partial charge is 0.231 e. The summed E-state index contributed by atoms with van der Waals surface area (Å²) >= 11 is 3.21. The normalized spacial score (nSPS) is 12.4. The molecule has 0 bridgehead atoms. The molecule has 0 amide bonds. The highest BCUT2D eigenvalue weighted by Crippen LogP contribution is 2.37. The minimum absolute atomic E-state index is 0.249. The molecule has 134 valence electrons. The summed E-state index contributed by atoms with van der Waals surface area (Å²) < 4.78 is 13.0. The first kappa shape index (κ1) is 16.3. The monoisotopic (exact) mass is 394 g/mol. The molecule has 0 unspecified atom stereocenters. The Labute approximate surface area is 163 Å². The lowest BCUT2D eigenvalue weighted by Crippen LogP contribution is -1.99. The molecule has 0 aliphatic carbocycles. The van der Waals surface area contributed by atoms with Crippen molar-refractivity contribution >= 4 is 23.1 Å². The number of hydrogen-bond donors (Lipinski definition) is 0. The first-order valence-corrected chi connectivity index (χ1v) is 10.2. The Kier molecular flexibility index (Phi) is 4.27. The summed E-state index contributed by atoms with van der Waals surface area (Å²) in [4.78, 5) is 4.35. The van der Waals surface area contributed by atoms with Crippen LogP contribution in [-0.2, 0) is 5.75 Å². The second-order valence-corrected chi connectivity index (χ2v) is 7.47. The van der Waals surface area contributed by atoms with E-state index >= 15 is 0 Å². The summed E-state index contributed by atoms with van der Waals surface area (Å²) in [5.41, 5.74) is 4.82. The highest BCUT2D eigenvalue weighted by atomic mass is 32.2. The van der Waals surface area contributed by atoms with Gasteiger partial charge in [-0.05, 0) is 30.3 Å². The van der Waals surface area contributed by atoms with Crippen LogP contribution in [0.3, 0.4) is 0 Å². The van der Waals surface area contributed by atoms with Gasteiger partial charge in [0, 0.05) is 22.4 Å². The van der Waals surface area contributed by atoms with Crippen LogP contribution in [0.25, 0.3) is 17.1 Å². The lowest BCUT2D eigenvalue weighted by atomic mass is 10.2. The zero-order chi connectivity index (χ0) is 18.1. The van der Waals surface area contributed by atoms with Gasteiger partial charge >= 0.3 is 0 Å². The highest BCUT2D eigenvalue weighted by molar-refractivity contribution is 7.98. The van der Waals surface area contributed by atoms with Crippen LogP contribution in [0.1, 0.15) is 5.69 Å². The standard InChI is InChI=1S/C19H14N4O2S2/c1-2-4-15(5-3-1)23-18(13-6-7-16-17(8-13)25-12-24-16)21-22-19(23)27-10-14-9-26-11-20-14/h1-9,11H,10,12H2. The number of benzene rings is 2. The van der Waals surface area contributed by atoms with E-state index in [0.29, 0.717) is 0 Å². The molecule has 0 atom stereocenters. The Morgan fingerprint density at radius 3 is 2.78 bits per heavy atom. The topological polar surface area (TPSA) is 62.1 Å². The molecule has 0 spiro atoms. The molecule has 0 saturated carbocycles. The van der Waals surface area contributed by atoms with E-state index in [9.17, 15) is 0 Å². The molecule has 0 radical (unpaired) electrons. The average molecular weight is 394 g/mol. The van der Waals surface area contributed by atoms with Gasteiger partial charge in [-0.15, -0.1) is 21.5 Å². The summed E-state index contributed by atoms with van der Waals surface area (Å²) in [6.07, 6.45) is 0. The van der Waals surface area contributed by atoms with Gasteiger partial charge in [-0.1, -0.05) is 30.0 Å². The molecule has 0 saturated heterocycles. The van der Waals surface area contributed by atoms with Crippen LogP contribution < -0.4 is 9.47 Å². The second-order valence-electron chi connectivity index (χ2n) is 5.81. The van der Waals surface area contributed by atoms with Gasteiger partial charge in [0.2, 0.25) is 6.79 Å². The van der Waals surface area contributed by atoms with Crippen LogP contribution >= 0.6 is 23.1 Å². The predicted molar refractivity (Wildman–Crippen MR) is 105 cm³/mol. The molecule has 6 nitrogen and oxygen atoms in total. The van der Waals surface area contributed by atoms with Crippen molar-refractivity contribution in [3.8, 4) is 28.6 Å². The van der Waals surface area contributed by atoms with Gasteiger partial charge in [0.15, 0.2) is 22.5 Å². The van der Waals surface area contributed by atoms with Gasteiger partial charge in [0.05, 0.1) is 11.2 Å². The van der Waals surface area contributed by atoms with E-state index in [2.05, 4.69) is 25.1 Å². The minimum atomic E-state index is 0.249. The summed E-state index contributed by atoms with van der Waals surface area (Å²) in [7, 11) is 0. The van der Waals surface area contributed by atoms with Gasteiger partial charge < -0.3 is 9.47 Å². The summed E-state index contributed by atoms with van der Waals surface area (Å²) in [6, 6.07) is 15.9. The molecule has 1 aliphatic heterocycles. The molecule has 2 aromatic heterocycles. The third kappa shape index (κ3) is 3.17. The molecule has 3 heterocycles. The van der Waals surface area contributed by atoms with Crippen molar-refractivity contribution in [2.45, 2.75) is 10.9 Å². The van der Waals surface area contributed by atoms with Gasteiger partial charge in [-0.3, -0.25) is 4.57 Å². The van der Waals surface area contributed by atoms with E-state index in [0.717, 1.165) is 45.2 Å². The Morgan fingerprint density at radius 1 is 1.04 bits per heavy atom. The Morgan fingerprint density at radius 2 is 1.93 bits per heavy atom.